The largest absolute Gasteiger partial charge is 0.317 e. The molecule has 19 heavy (non-hydrogen) atoms. The molecule has 1 aromatic rings. The number of piperidine rings is 1. The molecule has 0 unspecified atom stereocenters. The molecule has 1 aromatic carbocycles. The zero-order valence-corrected chi connectivity index (χ0v) is 12.8. The summed E-state index contributed by atoms with van der Waals surface area (Å²) in [4.78, 5) is 2.61. The maximum Gasteiger partial charge on any atom is 0.0406 e. The first-order valence-electron chi connectivity index (χ1n) is 6.93. The van der Waals surface area contributed by atoms with Crippen LogP contribution >= 0.6 is 24.0 Å². The van der Waals surface area contributed by atoms with Crippen molar-refractivity contribution in [2.45, 2.75) is 25.8 Å². The second-order valence-corrected chi connectivity index (χ2v) is 6.27. The molecule has 0 aromatic heterocycles. The number of hydrogen-bond donors (Lipinski definition) is 1. The van der Waals surface area contributed by atoms with Crippen molar-refractivity contribution in [3.63, 3.8) is 0 Å². The van der Waals surface area contributed by atoms with E-state index >= 15 is 0 Å². The fourth-order valence-corrected chi connectivity index (χ4v) is 3.50. The van der Waals surface area contributed by atoms with E-state index in [-0.39, 0.29) is 12.4 Å². The predicted octanol–water partition coefficient (Wildman–Crippen LogP) is 3.34. The monoisotopic (exact) mass is 300 g/mol. The summed E-state index contributed by atoms with van der Waals surface area (Å²) in [5.41, 5.74) is 1.99. The van der Waals surface area contributed by atoms with E-state index in [0.717, 1.165) is 11.6 Å². The maximum atomic E-state index is 5.92. The number of halogens is 2. The van der Waals surface area contributed by atoms with Gasteiger partial charge in [-0.05, 0) is 62.0 Å². The smallest absolute Gasteiger partial charge is 0.0406 e. The van der Waals surface area contributed by atoms with Gasteiger partial charge in [0, 0.05) is 18.1 Å². The molecule has 3 rings (SSSR count). The van der Waals surface area contributed by atoms with Gasteiger partial charge in [-0.3, -0.25) is 4.90 Å². The lowest BCUT2D eigenvalue weighted by Crippen LogP contribution is -2.38. The minimum absolute atomic E-state index is 0. The lowest BCUT2D eigenvalue weighted by Gasteiger charge is -2.33. The Morgan fingerprint density at radius 2 is 1.79 bits per heavy atom. The number of benzene rings is 1. The van der Waals surface area contributed by atoms with Gasteiger partial charge in [0.25, 0.3) is 0 Å². The Labute approximate surface area is 126 Å². The summed E-state index contributed by atoms with van der Waals surface area (Å²) in [6.45, 7) is 6.01. The number of nitrogens with one attached hydrogen (secondary N) is 1. The van der Waals surface area contributed by atoms with Crippen LogP contribution < -0.4 is 5.32 Å². The summed E-state index contributed by atoms with van der Waals surface area (Å²) in [6, 6.07) is 8.28. The average Bonchev–Trinajstić information content (AvgIpc) is 2.76. The molecule has 1 N–H and O–H groups in total. The van der Waals surface area contributed by atoms with Crippen molar-refractivity contribution in [2.75, 3.05) is 26.2 Å². The molecule has 0 amide bonds. The van der Waals surface area contributed by atoms with Gasteiger partial charge in [-0.1, -0.05) is 23.7 Å². The first-order valence-corrected chi connectivity index (χ1v) is 7.31. The minimum Gasteiger partial charge on any atom is -0.317 e. The Hall–Kier alpha value is -0.280. The molecule has 0 bridgehead atoms. The molecule has 0 radical (unpaired) electrons. The first kappa shape index (κ1) is 15.1. The van der Waals surface area contributed by atoms with Crippen LogP contribution in [-0.2, 0) is 6.54 Å². The van der Waals surface area contributed by atoms with Gasteiger partial charge in [-0.25, -0.2) is 0 Å². The highest BCUT2D eigenvalue weighted by Crippen LogP contribution is 2.38. The van der Waals surface area contributed by atoms with Crippen LogP contribution in [0, 0.1) is 5.41 Å². The van der Waals surface area contributed by atoms with Gasteiger partial charge in [0.15, 0.2) is 0 Å². The molecule has 2 nitrogen and oxygen atoms in total. The quantitative estimate of drug-likeness (QED) is 0.901. The SMILES string of the molecule is Cl.Clc1ccc(CN2CCC3(CCNCC3)C2)cc1. The molecule has 2 fully saturated rings. The highest BCUT2D eigenvalue weighted by atomic mass is 35.5. The van der Waals surface area contributed by atoms with Crippen molar-refractivity contribution in [1.29, 1.82) is 0 Å². The van der Waals surface area contributed by atoms with E-state index in [1.807, 2.05) is 12.1 Å². The Bertz CT molecular complexity index is 399. The normalized spacial score (nSPS) is 22.4. The van der Waals surface area contributed by atoms with Crippen LogP contribution in [-0.4, -0.2) is 31.1 Å². The zero-order valence-electron chi connectivity index (χ0n) is 11.2. The van der Waals surface area contributed by atoms with Gasteiger partial charge in [0.05, 0.1) is 0 Å². The number of nitrogens with zero attached hydrogens (tertiary/aromatic N) is 1. The molecule has 0 aliphatic carbocycles. The van der Waals surface area contributed by atoms with Crippen molar-refractivity contribution >= 4 is 24.0 Å². The molecule has 2 heterocycles. The molecule has 0 atom stereocenters. The van der Waals surface area contributed by atoms with E-state index in [2.05, 4.69) is 22.3 Å². The van der Waals surface area contributed by atoms with Gasteiger partial charge >= 0.3 is 0 Å². The van der Waals surface area contributed by atoms with Crippen molar-refractivity contribution < 1.29 is 0 Å². The van der Waals surface area contributed by atoms with Crippen LogP contribution in [0.15, 0.2) is 24.3 Å². The third kappa shape index (κ3) is 3.63. The third-order valence-corrected chi connectivity index (χ3v) is 4.75. The molecule has 2 saturated heterocycles. The third-order valence-electron chi connectivity index (χ3n) is 4.50. The second-order valence-electron chi connectivity index (χ2n) is 5.84. The standard InChI is InChI=1S/C15H21ClN2.ClH/c16-14-3-1-13(2-4-14)11-18-10-7-15(12-18)5-8-17-9-6-15;/h1-4,17H,5-12H2;1H. The van der Waals surface area contributed by atoms with E-state index in [1.54, 1.807) is 0 Å². The van der Waals surface area contributed by atoms with Gasteiger partial charge < -0.3 is 5.32 Å². The zero-order chi connectivity index (χ0) is 12.4. The van der Waals surface area contributed by atoms with Crippen LogP contribution in [0.3, 0.4) is 0 Å². The lowest BCUT2D eigenvalue weighted by molar-refractivity contribution is 0.194. The summed E-state index contributed by atoms with van der Waals surface area (Å²) >= 11 is 5.92. The number of likely N-dealkylation sites (tertiary alicyclic amines) is 1. The Kier molecular flexibility index (Phi) is 5.13. The maximum absolute atomic E-state index is 5.92. The molecular weight excluding hydrogens is 279 g/mol. The topological polar surface area (TPSA) is 15.3 Å². The van der Waals surface area contributed by atoms with Crippen molar-refractivity contribution in [2.24, 2.45) is 5.41 Å². The summed E-state index contributed by atoms with van der Waals surface area (Å²) in [7, 11) is 0. The second kappa shape index (κ2) is 6.45. The molecule has 0 saturated carbocycles. The van der Waals surface area contributed by atoms with E-state index in [1.165, 1.54) is 51.0 Å². The Morgan fingerprint density at radius 1 is 1.11 bits per heavy atom. The molecule has 1 spiro atoms. The number of rotatable bonds is 2. The van der Waals surface area contributed by atoms with E-state index in [9.17, 15) is 0 Å². The molecular formula is C15H22Cl2N2. The summed E-state index contributed by atoms with van der Waals surface area (Å²) in [5, 5.41) is 4.30. The highest BCUT2D eigenvalue weighted by Gasteiger charge is 2.38. The van der Waals surface area contributed by atoms with E-state index in [0.29, 0.717) is 5.41 Å². The van der Waals surface area contributed by atoms with Crippen LogP contribution in [0.25, 0.3) is 0 Å². The molecule has 106 valence electrons. The predicted molar refractivity (Wildman–Crippen MR) is 83.1 cm³/mol. The van der Waals surface area contributed by atoms with Crippen molar-refractivity contribution in [3.8, 4) is 0 Å². The minimum atomic E-state index is 0. The Balaban J connectivity index is 0.00000133. The summed E-state index contributed by atoms with van der Waals surface area (Å²) in [5.74, 6) is 0. The van der Waals surface area contributed by atoms with Crippen LogP contribution in [0.4, 0.5) is 0 Å². The highest BCUT2D eigenvalue weighted by molar-refractivity contribution is 6.30. The molecule has 4 heteroatoms. The van der Waals surface area contributed by atoms with Crippen LogP contribution in [0.2, 0.25) is 5.02 Å². The van der Waals surface area contributed by atoms with E-state index in [4.69, 9.17) is 11.6 Å². The fraction of sp³-hybridized carbons (Fsp3) is 0.600. The van der Waals surface area contributed by atoms with Gasteiger partial charge in [0.2, 0.25) is 0 Å². The van der Waals surface area contributed by atoms with Gasteiger partial charge in [-0.15, -0.1) is 12.4 Å². The molecule has 2 aliphatic heterocycles. The summed E-state index contributed by atoms with van der Waals surface area (Å²) in [6.07, 6.45) is 4.08. The first-order chi connectivity index (χ1) is 8.76. The summed E-state index contributed by atoms with van der Waals surface area (Å²) < 4.78 is 0. The fourth-order valence-electron chi connectivity index (χ4n) is 3.38. The van der Waals surface area contributed by atoms with Gasteiger partial charge in [0.1, 0.15) is 0 Å². The average molecular weight is 301 g/mol. The van der Waals surface area contributed by atoms with E-state index < -0.39 is 0 Å². The van der Waals surface area contributed by atoms with Crippen LogP contribution in [0.5, 0.6) is 0 Å². The lowest BCUT2D eigenvalue weighted by atomic mass is 9.78. The van der Waals surface area contributed by atoms with Crippen LogP contribution in [0.1, 0.15) is 24.8 Å². The van der Waals surface area contributed by atoms with Crippen molar-refractivity contribution in [3.05, 3.63) is 34.9 Å². The van der Waals surface area contributed by atoms with Gasteiger partial charge in [-0.2, -0.15) is 0 Å². The number of hydrogen-bond acceptors (Lipinski definition) is 2. The van der Waals surface area contributed by atoms with Crippen molar-refractivity contribution in [1.82, 2.24) is 10.2 Å². The Morgan fingerprint density at radius 3 is 2.47 bits per heavy atom. The molecule has 2 aliphatic rings.